The van der Waals surface area contributed by atoms with Gasteiger partial charge < -0.3 is 9.73 Å². The van der Waals surface area contributed by atoms with Crippen LogP contribution in [0.4, 0.5) is 0 Å². The number of amides is 1. The summed E-state index contributed by atoms with van der Waals surface area (Å²) in [4.78, 5) is 15.2. The van der Waals surface area contributed by atoms with Gasteiger partial charge in [-0.05, 0) is 18.2 Å². The van der Waals surface area contributed by atoms with Crippen LogP contribution in [-0.2, 0) is 4.79 Å². The third-order valence-corrected chi connectivity index (χ3v) is 3.00. The topological polar surface area (TPSA) is 55.1 Å². The summed E-state index contributed by atoms with van der Waals surface area (Å²) in [6.07, 6.45) is 0. The van der Waals surface area contributed by atoms with Gasteiger partial charge in [0, 0.05) is 12.1 Å². The summed E-state index contributed by atoms with van der Waals surface area (Å²) in [6, 6.07) is 5.22. The lowest BCUT2D eigenvalue weighted by Crippen LogP contribution is -2.19. The lowest BCUT2D eigenvalue weighted by molar-refractivity contribution is -0.118. The maximum Gasteiger partial charge on any atom is 0.257 e. The summed E-state index contributed by atoms with van der Waals surface area (Å²) in [7, 11) is 1.59. The first kappa shape index (κ1) is 11.3. The van der Waals surface area contributed by atoms with Crippen LogP contribution in [0, 0.1) is 0 Å². The molecule has 0 saturated carbocycles. The fourth-order valence-corrected chi connectivity index (χ4v) is 2.02. The van der Waals surface area contributed by atoms with Crippen LogP contribution in [0.5, 0.6) is 0 Å². The van der Waals surface area contributed by atoms with Gasteiger partial charge in [-0.1, -0.05) is 23.4 Å². The molecule has 16 heavy (non-hydrogen) atoms. The minimum absolute atomic E-state index is 0.0645. The zero-order chi connectivity index (χ0) is 11.5. The van der Waals surface area contributed by atoms with E-state index in [1.165, 1.54) is 11.8 Å². The molecule has 0 atom stereocenters. The Morgan fingerprint density at radius 2 is 2.44 bits per heavy atom. The van der Waals surface area contributed by atoms with Crippen molar-refractivity contribution in [2.45, 2.75) is 5.22 Å². The summed E-state index contributed by atoms with van der Waals surface area (Å²) in [5.74, 6) is 0.224. The summed E-state index contributed by atoms with van der Waals surface area (Å²) in [5, 5.41) is 3.62. The molecule has 6 heteroatoms. The van der Waals surface area contributed by atoms with Gasteiger partial charge in [0.1, 0.15) is 5.52 Å². The minimum Gasteiger partial charge on any atom is -0.431 e. The highest BCUT2D eigenvalue weighted by Crippen LogP contribution is 2.25. The van der Waals surface area contributed by atoms with Gasteiger partial charge in [-0.2, -0.15) is 0 Å². The standard InChI is InChI=1S/C10H9ClN2O2S/c1-12-9(14)5-16-10-13-7-4-6(11)2-3-8(7)15-10/h2-4H,5H2,1H3,(H,12,14). The van der Waals surface area contributed by atoms with Crippen molar-refractivity contribution in [3.05, 3.63) is 23.2 Å². The van der Waals surface area contributed by atoms with Gasteiger partial charge in [-0.15, -0.1) is 0 Å². The van der Waals surface area contributed by atoms with Gasteiger partial charge in [-0.3, -0.25) is 4.79 Å². The van der Waals surface area contributed by atoms with E-state index >= 15 is 0 Å². The van der Waals surface area contributed by atoms with Crippen molar-refractivity contribution in [3.63, 3.8) is 0 Å². The van der Waals surface area contributed by atoms with Crippen molar-refractivity contribution in [1.29, 1.82) is 0 Å². The Kier molecular flexibility index (Phi) is 3.36. The van der Waals surface area contributed by atoms with Crippen LogP contribution in [0.25, 0.3) is 11.1 Å². The van der Waals surface area contributed by atoms with Crippen LogP contribution >= 0.6 is 23.4 Å². The third kappa shape index (κ3) is 2.48. The molecule has 0 aliphatic heterocycles. The second kappa shape index (κ2) is 4.76. The second-order valence-electron chi connectivity index (χ2n) is 3.05. The lowest BCUT2D eigenvalue weighted by Gasteiger charge is -1.94. The molecule has 4 nitrogen and oxygen atoms in total. The highest BCUT2D eigenvalue weighted by Gasteiger charge is 2.08. The largest absolute Gasteiger partial charge is 0.431 e. The van der Waals surface area contributed by atoms with E-state index in [4.69, 9.17) is 16.0 Å². The van der Waals surface area contributed by atoms with Crippen molar-refractivity contribution in [2.75, 3.05) is 12.8 Å². The van der Waals surface area contributed by atoms with Crippen LogP contribution in [0.1, 0.15) is 0 Å². The Bertz CT molecular complexity index is 527. The van der Waals surface area contributed by atoms with E-state index < -0.39 is 0 Å². The Morgan fingerprint density at radius 1 is 1.62 bits per heavy atom. The van der Waals surface area contributed by atoms with Gasteiger partial charge in [0.05, 0.1) is 5.75 Å². The Morgan fingerprint density at radius 3 is 3.19 bits per heavy atom. The zero-order valence-electron chi connectivity index (χ0n) is 8.49. The number of hydrogen-bond acceptors (Lipinski definition) is 4. The summed E-state index contributed by atoms with van der Waals surface area (Å²) in [5.41, 5.74) is 1.37. The van der Waals surface area contributed by atoms with Crippen LogP contribution < -0.4 is 5.32 Å². The van der Waals surface area contributed by atoms with Crippen molar-refractivity contribution in [1.82, 2.24) is 10.3 Å². The molecule has 0 spiro atoms. The number of carbonyl (C=O) groups excluding carboxylic acids is 1. The molecule has 0 fully saturated rings. The highest BCUT2D eigenvalue weighted by molar-refractivity contribution is 7.99. The van der Waals surface area contributed by atoms with Crippen LogP contribution in [0.3, 0.4) is 0 Å². The molecule has 1 aromatic heterocycles. The molecule has 1 amide bonds. The van der Waals surface area contributed by atoms with Crippen molar-refractivity contribution < 1.29 is 9.21 Å². The highest BCUT2D eigenvalue weighted by atomic mass is 35.5. The third-order valence-electron chi connectivity index (χ3n) is 1.94. The van der Waals surface area contributed by atoms with Gasteiger partial charge in [-0.25, -0.2) is 4.98 Å². The van der Waals surface area contributed by atoms with Crippen molar-refractivity contribution in [3.8, 4) is 0 Å². The fourth-order valence-electron chi connectivity index (χ4n) is 1.14. The first-order valence-electron chi connectivity index (χ1n) is 4.58. The van der Waals surface area contributed by atoms with E-state index in [0.29, 0.717) is 21.3 Å². The van der Waals surface area contributed by atoms with Crippen molar-refractivity contribution in [2.24, 2.45) is 0 Å². The average molecular weight is 257 g/mol. The normalized spacial score (nSPS) is 10.6. The summed E-state index contributed by atoms with van der Waals surface area (Å²) in [6.45, 7) is 0. The molecule has 84 valence electrons. The molecule has 0 saturated heterocycles. The zero-order valence-corrected chi connectivity index (χ0v) is 10.1. The number of benzene rings is 1. The van der Waals surface area contributed by atoms with E-state index in [2.05, 4.69) is 10.3 Å². The second-order valence-corrected chi connectivity index (χ2v) is 4.42. The van der Waals surface area contributed by atoms with Crippen LogP contribution in [0.15, 0.2) is 27.8 Å². The smallest absolute Gasteiger partial charge is 0.257 e. The van der Waals surface area contributed by atoms with Gasteiger partial charge >= 0.3 is 0 Å². The SMILES string of the molecule is CNC(=O)CSc1nc2cc(Cl)ccc2o1. The number of fused-ring (bicyclic) bond motifs is 1. The molecule has 2 aromatic rings. The molecule has 1 aromatic carbocycles. The number of nitrogens with one attached hydrogen (secondary N) is 1. The molecule has 2 rings (SSSR count). The molecular formula is C10H9ClN2O2S. The number of thioether (sulfide) groups is 1. The lowest BCUT2D eigenvalue weighted by atomic mass is 10.3. The molecule has 0 bridgehead atoms. The monoisotopic (exact) mass is 256 g/mol. The van der Waals surface area contributed by atoms with Gasteiger partial charge in [0.25, 0.3) is 5.22 Å². The van der Waals surface area contributed by atoms with Crippen molar-refractivity contribution >= 4 is 40.4 Å². The van der Waals surface area contributed by atoms with E-state index in [-0.39, 0.29) is 11.7 Å². The molecule has 0 radical (unpaired) electrons. The van der Waals surface area contributed by atoms with Crippen LogP contribution in [0.2, 0.25) is 5.02 Å². The summed E-state index contributed by atoms with van der Waals surface area (Å²) >= 11 is 7.08. The number of carbonyl (C=O) groups is 1. The predicted molar refractivity (Wildman–Crippen MR) is 63.8 cm³/mol. The van der Waals surface area contributed by atoms with E-state index in [1.807, 2.05) is 0 Å². The average Bonchev–Trinajstić information content (AvgIpc) is 2.67. The molecular weight excluding hydrogens is 248 g/mol. The maximum absolute atomic E-state index is 11.0. The Hall–Kier alpha value is -1.20. The van der Waals surface area contributed by atoms with Gasteiger partial charge in [0.15, 0.2) is 5.58 Å². The Labute approximate surface area is 101 Å². The first-order chi connectivity index (χ1) is 7.69. The number of oxazole rings is 1. The van der Waals surface area contributed by atoms with E-state index in [9.17, 15) is 4.79 Å². The molecule has 0 unspecified atom stereocenters. The molecule has 1 N–H and O–H groups in total. The summed E-state index contributed by atoms with van der Waals surface area (Å²) < 4.78 is 5.43. The van der Waals surface area contributed by atoms with E-state index in [0.717, 1.165) is 0 Å². The molecule has 1 heterocycles. The number of rotatable bonds is 3. The Balaban J connectivity index is 2.16. The first-order valence-corrected chi connectivity index (χ1v) is 5.95. The fraction of sp³-hybridized carbons (Fsp3) is 0.200. The van der Waals surface area contributed by atoms with Gasteiger partial charge in [0.2, 0.25) is 5.91 Å². The number of halogens is 1. The molecule has 0 aliphatic rings. The quantitative estimate of drug-likeness (QED) is 0.857. The number of aromatic nitrogens is 1. The van der Waals surface area contributed by atoms with Crippen LogP contribution in [-0.4, -0.2) is 23.7 Å². The number of hydrogen-bond donors (Lipinski definition) is 1. The number of nitrogens with zero attached hydrogens (tertiary/aromatic N) is 1. The maximum atomic E-state index is 11.0. The minimum atomic E-state index is -0.0645. The molecule has 0 aliphatic carbocycles. The van der Waals surface area contributed by atoms with E-state index in [1.54, 1.807) is 25.2 Å². The predicted octanol–water partition coefficient (Wildman–Crippen LogP) is 2.32.